The zero-order valence-electron chi connectivity index (χ0n) is 23.0. The molecule has 5 aromatic rings. The third-order valence-corrected chi connectivity index (χ3v) is 7.45. The van der Waals surface area contributed by atoms with Crippen molar-refractivity contribution in [3.8, 4) is 22.9 Å². The van der Waals surface area contributed by atoms with E-state index in [0.29, 0.717) is 22.2 Å². The van der Waals surface area contributed by atoms with Crippen molar-refractivity contribution in [2.75, 3.05) is 19.1 Å². The first kappa shape index (κ1) is 27.0. The molecule has 8 nitrogen and oxygen atoms in total. The number of carbonyl (C=O) groups is 1. The average molecular weight is 577 g/mol. The van der Waals surface area contributed by atoms with Crippen LogP contribution < -0.4 is 19.7 Å². The lowest BCUT2D eigenvalue weighted by Gasteiger charge is -2.29. The van der Waals surface area contributed by atoms with Crippen LogP contribution in [0.4, 0.5) is 5.69 Å². The van der Waals surface area contributed by atoms with E-state index in [-0.39, 0.29) is 18.1 Å². The van der Waals surface area contributed by atoms with Gasteiger partial charge < -0.3 is 29.0 Å². The molecule has 0 bridgehead atoms. The number of thiocarbonyl (C=S) groups is 1. The molecule has 0 unspecified atom stereocenters. The maximum absolute atomic E-state index is 12.3. The Bertz CT molecular complexity index is 1700. The number of anilines is 1. The SMILES string of the molecule is COC(=O)c1cccc(-n2cccc2[C@@H]2[C@H](c3ccccn3)NC(=S)N2c2ccc(Oc3ccc(OC)cc3)cc2)c1. The summed E-state index contributed by atoms with van der Waals surface area (Å²) in [6.07, 6.45) is 3.76. The van der Waals surface area contributed by atoms with Gasteiger partial charge in [-0.25, -0.2) is 4.79 Å². The van der Waals surface area contributed by atoms with Crippen molar-refractivity contribution in [1.29, 1.82) is 0 Å². The molecule has 210 valence electrons. The quantitative estimate of drug-likeness (QED) is 0.163. The van der Waals surface area contributed by atoms with Crippen LogP contribution >= 0.6 is 12.2 Å². The molecule has 1 fully saturated rings. The lowest BCUT2D eigenvalue weighted by atomic mass is 10.0. The van der Waals surface area contributed by atoms with E-state index in [9.17, 15) is 4.79 Å². The lowest BCUT2D eigenvalue weighted by Crippen LogP contribution is -2.30. The van der Waals surface area contributed by atoms with Crippen molar-refractivity contribution >= 4 is 29.0 Å². The van der Waals surface area contributed by atoms with Crippen molar-refractivity contribution in [2.24, 2.45) is 0 Å². The minimum atomic E-state index is -0.390. The van der Waals surface area contributed by atoms with Gasteiger partial charge in [0, 0.05) is 29.5 Å². The summed E-state index contributed by atoms with van der Waals surface area (Å²) >= 11 is 5.92. The Morgan fingerprint density at radius 2 is 1.57 bits per heavy atom. The molecule has 0 amide bonds. The fourth-order valence-electron chi connectivity index (χ4n) is 5.16. The Morgan fingerprint density at radius 1 is 0.833 bits per heavy atom. The van der Waals surface area contributed by atoms with Crippen LogP contribution in [-0.2, 0) is 4.74 Å². The van der Waals surface area contributed by atoms with E-state index in [1.807, 2.05) is 97.2 Å². The topological polar surface area (TPSA) is 77.9 Å². The molecule has 0 radical (unpaired) electrons. The number of esters is 1. The van der Waals surface area contributed by atoms with E-state index in [1.54, 1.807) is 19.4 Å². The first-order chi connectivity index (χ1) is 20.6. The Balaban J connectivity index is 1.37. The Kier molecular flexibility index (Phi) is 7.57. The molecule has 9 heteroatoms. The summed E-state index contributed by atoms with van der Waals surface area (Å²) in [5, 5.41) is 4.08. The van der Waals surface area contributed by atoms with Gasteiger partial charge in [0.05, 0.1) is 31.5 Å². The van der Waals surface area contributed by atoms with E-state index in [4.69, 9.17) is 26.4 Å². The second kappa shape index (κ2) is 11.8. The minimum absolute atomic E-state index is 0.230. The van der Waals surface area contributed by atoms with Crippen LogP contribution in [0, 0.1) is 0 Å². The summed E-state index contributed by atoms with van der Waals surface area (Å²) < 4.78 is 18.3. The standard InChI is InChI=1S/C33H28N4O4S/c1-39-25-15-17-27(18-16-25)41-26-13-11-23(12-14-26)37-31(30(35-33(37)42)28-9-3-4-19-34-28)29-10-6-20-36(29)24-8-5-7-22(21-24)32(38)40-2/h3-21,30-31H,1-2H3,(H,35,42)/t30-,31+/m0/s1. The molecule has 2 atom stereocenters. The highest BCUT2D eigenvalue weighted by Gasteiger charge is 2.42. The summed E-state index contributed by atoms with van der Waals surface area (Å²) in [5.41, 5.74) is 4.04. The minimum Gasteiger partial charge on any atom is -0.497 e. The normalized spacial score (nSPS) is 16.1. The van der Waals surface area contributed by atoms with E-state index in [2.05, 4.69) is 25.8 Å². The Morgan fingerprint density at radius 3 is 2.26 bits per heavy atom. The monoisotopic (exact) mass is 576 g/mol. The number of pyridine rings is 1. The van der Waals surface area contributed by atoms with Crippen molar-refractivity contribution in [2.45, 2.75) is 12.1 Å². The Hall–Kier alpha value is -5.15. The van der Waals surface area contributed by atoms with Crippen molar-refractivity contribution in [3.63, 3.8) is 0 Å². The van der Waals surface area contributed by atoms with Crippen molar-refractivity contribution in [3.05, 3.63) is 132 Å². The number of aromatic nitrogens is 2. The number of nitrogens with one attached hydrogen (secondary N) is 1. The third kappa shape index (κ3) is 5.29. The van der Waals surface area contributed by atoms with Crippen LogP contribution in [-0.4, -0.2) is 34.9 Å². The molecule has 2 aromatic heterocycles. The van der Waals surface area contributed by atoms with Gasteiger partial charge in [0.1, 0.15) is 23.3 Å². The van der Waals surface area contributed by atoms with Crippen LogP contribution in [0.5, 0.6) is 17.2 Å². The molecule has 3 aromatic carbocycles. The van der Waals surface area contributed by atoms with Gasteiger partial charge in [0.2, 0.25) is 0 Å². The molecule has 6 rings (SSSR count). The predicted molar refractivity (Wildman–Crippen MR) is 165 cm³/mol. The molecule has 1 aliphatic rings. The van der Waals surface area contributed by atoms with Gasteiger partial charge in [-0.15, -0.1) is 0 Å². The number of ether oxygens (including phenoxy) is 3. The van der Waals surface area contributed by atoms with E-state index < -0.39 is 0 Å². The molecule has 0 aliphatic carbocycles. The molecule has 1 saturated heterocycles. The second-order valence-corrected chi connectivity index (χ2v) is 10.00. The van der Waals surface area contributed by atoms with Gasteiger partial charge in [-0.1, -0.05) is 12.1 Å². The number of hydrogen-bond acceptors (Lipinski definition) is 6. The van der Waals surface area contributed by atoms with E-state index >= 15 is 0 Å². The fourth-order valence-corrected chi connectivity index (χ4v) is 5.50. The van der Waals surface area contributed by atoms with Gasteiger partial charge in [0.25, 0.3) is 0 Å². The largest absolute Gasteiger partial charge is 0.497 e. The number of benzene rings is 3. The molecule has 1 N–H and O–H groups in total. The number of rotatable bonds is 8. The predicted octanol–water partition coefficient (Wildman–Crippen LogP) is 6.64. The van der Waals surface area contributed by atoms with Crippen LogP contribution in [0.25, 0.3) is 5.69 Å². The van der Waals surface area contributed by atoms with Crippen molar-refractivity contribution < 1.29 is 19.0 Å². The van der Waals surface area contributed by atoms with Gasteiger partial charge >= 0.3 is 5.97 Å². The third-order valence-electron chi connectivity index (χ3n) is 7.14. The highest BCUT2D eigenvalue weighted by Crippen LogP contribution is 2.42. The average Bonchev–Trinajstić information content (AvgIpc) is 3.66. The maximum atomic E-state index is 12.3. The van der Waals surface area contributed by atoms with E-state index in [1.165, 1.54) is 7.11 Å². The van der Waals surface area contributed by atoms with Crippen molar-refractivity contribution in [1.82, 2.24) is 14.9 Å². The lowest BCUT2D eigenvalue weighted by molar-refractivity contribution is 0.0600. The summed E-state index contributed by atoms with van der Waals surface area (Å²) in [6, 6.07) is 32.1. The van der Waals surface area contributed by atoms with Gasteiger partial charge in [-0.2, -0.15) is 0 Å². The Labute approximate surface area is 249 Å². The fraction of sp³-hybridized carbons (Fsp3) is 0.121. The van der Waals surface area contributed by atoms with Gasteiger partial charge in [-0.05, 0) is 103 Å². The number of hydrogen-bond donors (Lipinski definition) is 1. The van der Waals surface area contributed by atoms with Crippen LogP contribution in [0.15, 0.2) is 116 Å². The summed E-state index contributed by atoms with van der Waals surface area (Å²) in [4.78, 5) is 19.0. The van der Waals surface area contributed by atoms with E-state index in [0.717, 1.165) is 28.5 Å². The van der Waals surface area contributed by atoms with Crippen LogP contribution in [0.1, 0.15) is 33.8 Å². The first-order valence-electron chi connectivity index (χ1n) is 13.3. The molecule has 0 spiro atoms. The highest BCUT2D eigenvalue weighted by atomic mass is 32.1. The summed E-state index contributed by atoms with van der Waals surface area (Å²) in [5.74, 6) is 1.78. The molecular weight excluding hydrogens is 548 g/mol. The first-order valence-corrected chi connectivity index (χ1v) is 13.7. The molecule has 42 heavy (non-hydrogen) atoms. The van der Waals surface area contributed by atoms with Crippen LogP contribution in [0.2, 0.25) is 0 Å². The zero-order chi connectivity index (χ0) is 29.1. The molecule has 0 saturated carbocycles. The maximum Gasteiger partial charge on any atom is 0.337 e. The van der Waals surface area contributed by atoms with Gasteiger partial charge in [0.15, 0.2) is 5.11 Å². The number of carbonyl (C=O) groups excluding carboxylic acids is 1. The number of methoxy groups -OCH3 is 2. The second-order valence-electron chi connectivity index (χ2n) is 9.61. The molecule has 3 heterocycles. The van der Waals surface area contributed by atoms with Crippen LogP contribution in [0.3, 0.4) is 0 Å². The summed E-state index contributed by atoms with van der Waals surface area (Å²) in [6.45, 7) is 0. The zero-order valence-corrected chi connectivity index (χ0v) is 23.8. The molecule has 1 aliphatic heterocycles. The smallest absolute Gasteiger partial charge is 0.337 e. The molecular formula is C33H28N4O4S. The number of nitrogens with zero attached hydrogens (tertiary/aromatic N) is 3. The summed E-state index contributed by atoms with van der Waals surface area (Å²) in [7, 11) is 3.01. The van der Waals surface area contributed by atoms with Gasteiger partial charge in [-0.3, -0.25) is 4.98 Å². The highest BCUT2D eigenvalue weighted by molar-refractivity contribution is 7.80.